The van der Waals surface area contributed by atoms with Gasteiger partial charge in [-0.25, -0.2) is 4.79 Å². The van der Waals surface area contributed by atoms with E-state index in [1.54, 1.807) is 17.0 Å². The van der Waals surface area contributed by atoms with Gasteiger partial charge in [-0.2, -0.15) is 0 Å². The molecule has 2 aromatic rings. The summed E-state index contributed by atoms with van der Waals surface area (Å²) in [5.41, 5.74) is 3.69. The third-order valence-corrected chi connectivity index (χ3v) is 5.66. The average Bonchev–Trinajstić information content (AvgIpc) is 2.81. The number of carbonyl (C=O) groups excluding carboxylic acids is 3. The zero-order valence-corrected chi connectivity index (χ0v) is 18.7. The van der Waals surface area contributed by atoms with Crippen molar-refractivity contribution in [3.8, 4) is 0 Å². The Balaban J connectivity index is 1.36. The van der Waals surface area contributed by atoms with Crippen LogP contribution in [0.1, 0.15) is 46.8 Å². The molecule has 7 heteroatoms. The van der Waals surface area contributed by atoms with Crippen molar-refractivity contribution in [3.63, 3.8) is 0 Å². The molecule has 170 valence electrons. The maximum Gasteiger partial charge on any atom is 0.410 e. The van der Waals surface area contributed by atoms with E-state index in [-0.39, 0.29) is 24.5 Å². The molecule has 2 N–H and O–H groups in total. The number of piperidine rings is 1. The van der Waals surface area contributed by atoms with Gasteiger partial charge in [0, 0.05) is 38.7 Å². The fourth-order valence-electron chi connectivity index (χ4n) is 3.58. The van der Waals surface area contributed by atoms with Crippen molar-refractivity contribution in [2.24, 2.45) is 5.92 Å². The smallest absolute Gasteiger partial charge is 0.410 e. The highest BCUT2D eigenvalue weighted by Gasteiger charge is 2.24. The first kappa shape index (κ1) is 23.3. The van der Waals surface area contributed by atoms with Crippen molar-refractivity contribution in [2.75, 3.05) is 19.6 Å². The van der Waals surface area contributed by atoms with Crippen molar-refractivity contribution >= 4 is 17.9 Å². The largest absolute Gasteiger partial charge is 0.445 e. The maximum atomic E-state index is 12.4. The Kier molecular flexibility index (Phi) is 8.25. The summed E-state index contributed by atoms with van der Waals surface area (Å²) in [5, 5.41) is 5.72. The summed E-state index contributed by atoms with van der Waals surface area (Å²) < 4.78 is 5.43. The molecule has 0 spiro atoms. The van der Waals surface area contributed by atoms with Gasteiger partial charge < -0.3 is 20.3 Å². The van der Waals surface area contributed by atoms with E-state index in [0.29, 0.717) is 37.7 Å². The molecular formula is C25H31N3O4. The van der Waals surface area contributed by atoms with Crippen LogP contribution in [0.15, 0.2) is 48.5 Å². The van der Waals surface area contributed by atoms with E-state index in [2.05, 4.69) is 10.6 Å². The van der Waals surface area contributed by atoms with Gasteiger partial charge in [-0.15, -0.1) is 0 Å². The van der Waals surface area contributed by atoms with Crippen molar-refractivity contribution in [3.05, 3.63) is 70.8 Å². The van der Waals surface area contributed by atoms with Crippen molar-refractivity contribution < 1.29 is 19.1 Å². The topological polar surface area (TPSA) is 87.7 Å². The van der Waals surface area contributed by atoms with Crippen LogP contribution in [-0.4, -0.2) is 42.4 Å². The molecule has 32 heavy (non-hydrogen) atoms. The minimum Gasteiger partial charge on any atom is -0.445 e. The third-order valence-electron chi connectivity index (χ3n) is 5.66. The fourth-order valence-corrected chi connectivity index (χ4v) is 3.58. The second-order valence-corrected chi connectivity index (χ2v) is 8.29. The van der Waals surface area contributed by atoms with Crippen LogP contribution in [0.25, 0.3) is 0 Å². The highest BCUT2D eigenvalue weighted by atomic mass is 16.6. The molecule has 0 bridgehead atoms. The number of nitrogens with one attached hydrogen (secondary N) is 2. The molecule has 3 amide bonds. The molecule has 0 saturated carbocycles. The predicted molar refractivity (Wildman–Crippen MR) is 122 cm³/mol. The lowest BCUT2D eigenvalue weighted by Crippen LogP contribution is -2.41. The zero-order valence-electron chi connectivity index (χ0n) is 18.7. The monoisotopic (exact) mass is 437 g/mol. The molecule has 2 aromatic carbocycles. The van der Waals surface area contributed by atoms with Crippen LogP contribution in [0, 0.1) is 12.8 Å². The number of likely N-dealkylation sites (tertiary alicyclic amines) is 1. The van der Waals surface area contributed by atoms with Crippen molar-refractivity contribution in [1.29, 1.82) is 0 Å². The van der Waals surface area contributed by atoms with E-state index in [0.717, 1.165) is 24.0 Å². The molecule has 0 atom stereocenters. The summed E-state index contributed by atoms with van der Waals surface area (Å²) in [4.78, 5) is 37.5. The van der Waals surface area contributed by atoms with Crippen LogP contribution < -0.4 is 10.6 Å². The Morgan fingerprint density at radius 1 is 0.938 bits per heavy atom. The number of hydrogen-bond donors (Lipinski definition) is 2. The van der Waals surface area contributed by atoms with Gasteiger partial charge in [-0.1, -0.05) is 42.0 Å². The first-order valence-electron chi connectivity index (χ1n) is 11.0. The van der Waals surface area contributed by atoms with E-state index in [1.165, 1.54) is 12.5 Å². The second-order valence-electron chi connectivity index (χ2n) is 8.29. The van der Waals surface area contributed by atoms with Crippen molar-refractivity contribution in [1.82, 2.24) is 15.5 Å². The number of rotatable bonds is 7. The van der Waals surface area contributed by atoms with E-state index in [1.807, 2.05) is 43.3 Å². The van der Waals surface area contributed by atoms with E-state index in [9.17, 15) is 14.4 Å². The summed E-state index contributed by atoms with van der Waals surface area (Å²) in [5.74, 6) is 0.132. The summed E-state index contributed by atoms with van der Waals surface area (Å²) in [7, 11) is 0. The molecule has 0 aromatic heterocycles. The number of carbonyl (C=O) groups is 3. The quantitative estimate of drug-likeness (QED) is 0.695. The van der Waals surface area contributed by atoms with Gasteiger partial charge in [0.2, 0.25) is 5.91 Å². The summed E-state index contributed by atoms with van der Waals surface area (Å²) >= 11 is 0. The maximum absolute atomic E-state index is 12.4. The zero-order chi connectivity index (χ0) is 22.9. The number of ether oxygens (including phenoxy) is 1. The highest BCUT2D eigenvalue weighted by molar-refractivity contribution is 5.94. The van der Waals surface area contributed by atoms with Gasteiger partial charge in [-0.3, -0.25) is 9.59 Å². The molecule has 1 saturated heterocycles. The van der Waals surface area contributed by atoms with E-state index >= 15 is 0 Å². The summed E-state index contributed by atoms with van der Waals surface area (Å²) in [6, 6.07) is 15.1. The van der Waals surface area contributed by atoms with Crippen LogP contribution in [-0.2, 0) is 22.7 Å². The lowest BCUT2D eigenvalue weighted by atomic mass is 9.97. The number of nitrogens with zero attached hydrogens (tertiary/aromatic N) is 1. The minimum absolute atomic E-state index is 0.0857. The molecule has 7 nitrogen and oxygen atoms in total. The number of aryl methyl sites for hydroxylation is 1. The van der Waals surface area contributed by atoms with Crippen LogP contribution >= 0.6 is 0 Å². The Hall–Kier alpha value is -3.35. The number of hydrogen-bond acceptors (Lipinski definition) is 4. The molecule has 1 aliphatic heterocycles. The normalized spacial score (nSPS) is 14.0. The highest BCUT2D eigenvalue weighted by Crippen LogP contribution is 2.18. The molecule has 1 fully saturated rings. The fraction of sp³-hybridized carbons (Fsp3) is 0.400. The van der Waals surface area contributed by atoms with E-state index in [4.69, 9.17) is 4.74 Å². The Morgan fingerprint density at radius 3 is 2.19 bits per heavy atom. The molecule has 1 aliphatic rings. The minimum atomic E-state index is -0.285. The van der Waals surface area contributed by atoms with Gasteiger partial charge in [0.05, 0.1) is 0 Å². The lowest BCUT2D eigenvalue weighted by molar-refractivity contribution is -0.119. The van der Waals surface area contributed by atoms with Gasteiger partial charge >= 0.3 is 6.09 Å². The Bertz CT molecular complexity index is 917. The van der Waals surface area contributed by atoms with Gasteiger partial charge in [0.1, 0.15) is 6.61 Å². The lowest BCUT2D eigenvalue weighted by Gasteiger charge is -2.31. The summed E-state index contributed by atoms with van der Waals surface area (Å²) in [6.45, 7) is 6.06. The van der Waals surface area contributed by atoms with E-state index < -0.39 is 0 Å². The standard InChI is InChI=1S/C25H31N3O4/c1-18-3-5-22(6-4-18)17-32-25(31)28-13-11-21(12-14-28)16-27-24(30)23-9-7-20(8-10-23)15-26-19(2)29/h3-10,21H,11-17H2,1-2H3,(H,26,29)(H,27,30). The van der Waals surface area contributed by atoms with Gasteiger partial charge in [-0.05, 0) is 48.9 Å². The number of amides is 3. The summed E-state index contributed by atoms with van der Waals surface area (Å²) in [6.07, 6.45) is 1.37. The molecule has 1 heterocycles. The SMILES string of the molecule is CC(=O)NCc1ccc(C(=O)NCC2CCN(C(=O)OCc3ccc(C)cc3)CC2)cc1. The Labute approximate surface area is 189 Å². The number of benzene rings is 2. The van der Waals surface area contributed by atoms with Gasteiger partial charge in [0.25, 0.3) is 5.91 Å². The van der Waals surface area contributed by atoms with Gasteiger partial charge in [0.15, 0.2) is 0 Å². The predicted octanol–water partition coefficient (Wildman–Crippen LogP) is 3.41. The second kappa shape index (κ2) is 11.3. The molecule has 0 aliphatic carbocycles. The first-order valence-corrected chi connectivity index (χ1v) is 11.0. The average molecular weight is 438 g/mol. The van der Waals surface area contributed by atoms with Crippen LogP contribution in [0.2, 0.25) is 0 Å². The Morgan fingerprint density at radius 2 is 1.56 bits per heavy atom. The van der Waals surface area contributed by atoms with Crippen molar-refractivity contribution in [2.45, 2.75) is 39.8 Å². The van der Waals surface area contributed by atoms with Crippen LogP contribution in [0.4, 0.5) is 4.79 Å². The first-order chi connectivity index (χ1) is 15.4. The van der Waals surface area contributed by atoms with Crippen LogP contribution in [0.5, 0.6) is 0 Å². The molecular weight excluding hydrogens is 406 g/mol. The molecule has 0 unspecified atom stereocenters. The molecule has 3 rings (SSSR count). The molecule has 0 radical (unpaired) electrons. The van der Waals surface area contributed by atoms with Crippen LogP contribution in [0.3, 0.4) is 0 Å². The third kappa shape index (κ3) is 7.11.